The quantitative estimate of drug-likeness (QED) is 0.270. The van der Waals surface area contributed by atoms with Crippen LogP contribution < -0.4 is 15.3 Å². The van der Waals surface area contributed by atoms with Crippen molar-refractivity contribution in [2.24, 2.45) is 0 Å². The highest BCUT2D eigenvalue weighted by atomic mass is 79.9. The molecule has 1 fully saturated rings. The predicted octanol–water partition coefficient (Wildman–Crippen LogP) is 6.23. The van der Waals surface area contributed by atoms with Gasteiger partial charge in [0.25, 0.3) is 0 Å². The van der Waals surface area contributed by atoms with Gasteiger partial charge in [-0.15, -0.1) is 0 Å². The predicted molar refractivity (Wildman–Crippen MR) is 133 cm³/mol. The van der Waals surface area contributed by atoms with E-state index >= 15 is 0 Å². The van der Waals surface area contributed by atoms with Crippen LogP contribution in [0.4, 0.5) is 23.2 Å². The third kappa shape index (κ3) is 4.17. The molecule has 36 heavy (non-hydrogen) atoms. The molecule has 1 aliphatic rings. The highest BCUT2D eigenvalue weighted by molar-refractivity contribution is 9.10. The molecular formula is C26H22BrF4N3O2. The number of halogens is 5. The van der Waals surface area contributed by atoms with Crippen molar-refractivity contribution in [3.05, 3.63) is 92.6 Å². The van der Waals surface area contributed by atoms with Crippen molar-refractivity contribution in [3.63, 3.8) is 0 Å². The summed E-state index contributed by atoms with van der Waals surface area (Å²) in [6.07, 6.45) is -3.99. The summed E-state index contributed by atoms with van der Waals surface area (Å²) < 4.78 is 64.7. The summed E-state index contributed by atoms with van der Waals surface area (Å²) in [5.41, 5.74) is 0.166. The molecule has 1 atom stereocenters. The second kappa shape index (κ2) is 9.31. The Labute approximate surface area is 212 Å². The fourth-order valence-electron chi connectivity index (χ4n) is 5.02. The Balaban J connectivity index is 1.61. The maximum atomic E-state index is 14.6. The Morgan fingerprint density at radius 1 is 1.06 bits per heavy atom. The van der Waals surface area contributed by atoms with E-state index in [1.165, 1.54) is 35.9 Å². The molecule has 188 valence electrons. The van der Waals surface area contributed by atoms with Gasteiger partial charge in [0.05, 0.1) is 36.5 Å². The van der Waals surface area contributed by atoms with Gasteiger partial charge in [0.1, 0.15) is 17.1 Å². The summed E-state index contributed by atoms with van der Waals surface area (Å²) >= 11 is 3.41. The number of anilines is 1. The van der Waals surface area contributed by atoms with Crippen molar-refractivity contribution in [2.75, 3.05) is 25.1 Å². The summed E-state index contributed by atoms with van der Waals surface area (Å²) in [4.78, 5) is 15.6. The maximum absolute atomic E-state index is 14.6. The first kappa shape index (κ1) is 24.4. The van der Waals surface area contributed by atoms with Gasteiger partial charge < -0.3 is 9.64 Å². The zero-order valence-corrected chi connectivity index (χ0v) is 20.8. The number of fused-ring (bicyclic) bond motifs is 1. The Kier molecular flexibility index (Phi) is 6.32. The van der Waals surface area contributed by atoms with Crippen molar-refractivity contribution in [2.45, 2.75) is 25.2 Å². The molecule has 10 heteroatoms. The molecule has 1 unspecified atom stereocenters. The lowest BCUT2D eigenvalue weighted by atomic mass is 10.1. The zero-order chi connectivity index (χ0) is 25.6. The number of rotatable bonds is 5. The topological polar surface area (TPSA) is 39.4 Å². The third-order valence-corrected chi connectivity index (χ3v) is 7.24. The third-order valence-electron chi connectivity index (χ3n) is 6.60. The molecule has 3 aromatic carbocycles. The van der Waals surface area contributed by atoms with E-state index in [0.29, 0.717) is 46.5 Å². The van der Waals surface area contributed by atoms with Crippen LogP contribution in [0.2, 0.25) is 0 Å². The van der Waals surface area contributed by atoms with Gasteiger partial charge in [-0.3, -0.25) is 9.13 Å². The highest BCUT2D eigenvalue weighted by Crippen LogP contribution is 2.37. The molecule has 2 heterocycles. The van der Waals surface area contributed by atoms with E-state index in [1.54, 1.807) is 34.9 Å². The fourth-order valence-corrected chi connectivity index (χ4v) is 5.61. The molecule has 0 aliphatic carbocycles. The first-order valence-corrected chi connectivity index (χ1v) is 12.1. The number of para-hydroxylation sites is 2. The van der Waals surface area contributed by atoms with Gasteiger partial charge in [-0.25, -0.2) is 9.18 Å². The first-order valence-electron chi connectivity index (χ1n) is 11.3. The molecule has 1 aliphatic heterocycles. The molecule has 1 aromatic heterocycles. The lowest BCUT2D eigenvalue weighted by molar-refractivity contribution is -0.138. The second-order valence-electron chi connectivity index (χ2n) is 8.68. The number of ether oxygens (including phenoxy) is 1. The van der Waals surface area contributed by atoms with Crippen LogP contribution in [0.5, 0.6) is 5.75 Å². The van der Waals surface area contributed by atoms with Crippen LogP contribution >= 0.6 is 15.9 Å². The second-order valence-corrected chi connectivity index (χ2v) is 9.53. The minimum absolute atomic E-state index is 0.0135. The molecule has 0 bridgehead atoms. The van der Waals surface area contributed by atoms with Crippen molar-refractivity contribution < 1.29 is 22.3 Å². The number of methoxy groups -OCH3 is 1. The summed E-state index contributed by atoms with van der Waals surface area (Å²) in [6, 6.07) is 14.9. The number of nitrogens with zero attached hydrogens (tertiary/aromatic N) is 3. The molecule has 1 saturated heterocycles. The highest BCUT2D eigenvalue weighted by Gasteiger charge is 2.34. The normalized spacial score (nSPS) is 16.2. The summed E-state index contributed by atoms with van der Waals surface area (Å²) in [7, 11) is 1.46. The van der Waals surface area contributed by atoms with E-state index in [2.05, 4.69) is 15.9 Å². The molecule has 0 N–H and O–H groups in total. The lowest BCUT2D eigenvalue weighted by Gasteiger charge is -2.21. The molecule has 4 aromatic rings. The molecule has 0 saturated carbocycles. The minimum Gasteiger partial charge on any atom is -0.494 e. The van der Waals surface area contributed by atoms with E-state index in [4.69, 9.17) is 4.74 Å². The van der Waals surface area contributed by atoms with Gasteiger partial charge in [0, 0.05) is 17.6 Å². The fraction of sp³-hybridized carbons (Fsp3) is 0.269. The lowest BCUT2D eigenvalue weighted by Crippen LogP contribution is -2.30. The Hall–Kier alpha value is -3.27. The Morgan fingerprint density at radius 2 is 1.81 bits per heavy atom. The van der Waals surface area contributed by atoms with Gasteiger partial charge >= 0.3 is 11.9 Å². The van der Waals surface area contributed by atoms with Gasteiger partial charge in [-0.2, -0.15) is 13.2 Å². The molecule has 5 nitrogen and oxygen atoms in total. The number of benzene rings is 3. The minimum atomic E-state index is -4.55. The maximum Gasteiger partial charge on any atom is 0.416 e. The summed E-state index contributed by atoms with van der Waals surface area (Å²) in [5.74, 6) is 0.0183. The standard InChI is InChI=1S/C26H22BrF4N3O2/c1-36-22-11-5-10-21-24(22)33(14-16-6-2-3-7-18(16)26(29,30)31)25(35)34(21)17-12-13-32(15-17)23-19(27)8-4-9-20(23)28/h2-11,17H,12-15H2,1H3. The number of hydrogen-bond donors (Lipinski definition) is 0. The van der Waals surface area contributed by atoms with Gasteiger partial charge in [0.2, 0.25) is 0 Å². The van der Waals surface area contributed by atoms with E-state index in [0.717, 1.165) is 6.07 Å². The molecular weight excluding hydrogens is 542 g/mol. The number of aromatic nitrogens is 2. The van der Waals surface area contributed by atoms with E-state index < -0.39 is 17.4 Å². The van der Waals surface area contributed by atoms with Crippen molar-refractivity contribution in [1.29, 1.82) is 0 Å². The average molecular weight is 564 g/mol. The Morgan fingerprint density at radius 3 is 2.53 bits per heavy atom. The van der Waals surface area contributed by atoms with Crippen LogP contribution in [0, 0.1) is 5.82 Å². The van der Waals surface area contributed by atoms with Crippen LogP contribution in [0.1, 0.15) is 23.6 Å². The van der Waals surface area contributed by atoms with Gasteiger partial charge in [-0.05, 0) is 58.2 Å². The summed E-state index contributed by atoms with van der Waals surface area (Å²) in [6.45, 7) is 0.618. The van der Waals surface area contributed by atoms with E-state index in [1.807, 2.05) is 4.90 Å². The monoisotopic (exact) mass is 563 g/mol. The Bertz CT molecular complexity index is 1470. The largest absolute Gasteiger partial charge is 0.494 e. The van der Waals surface area contributed by atoms with E-state index in [-0.39, 0.29) is 24.0 Å². The average Bonchev–Trinajstić information content (AvgIpc) is 3.41. The van der Waals surface area contributed by atoms with Crippen LogP contribution in [0.25, 0.3) is 11.0 Å². The van der Waals surface area contributed by atoms with Crippen molar-refractivity contribution in [1.82, 2.24) is 9.13 Å². The SMILES string of the molecule is COc1cccc2c1n(Cc1ccccc1C(F)(F)F)c(=O)n2C1CCN(c2c(F)cccc2Br)C1. The van der Waals surface area contributed by atoms with Gasteiger partial charge in [-0.1, -0.05) is 30.3 Å². The molecule has 5 rings (SSSR count). The number of alkyl halides is 3. The van der Waals surface area contributed by atoms with Crippen LogP contribution in [-0.2, 0) is 12.7 Å². The molecule has 0 radical (unpaired) electrons. The first-order chi connectivity index (χ1) is 17.2. The molecule has 0 amide bonds. The zero-order valence-electron chi connectivity index (χ0n) is 19.2. The number of hydrogen-bond acceptors (Lipinski definition) is 3. The smallest absolute Gasteiger partial charge is 0.416 e. The van der Waals surface area contributed by atoms with Crippen LogP contribution in [0.15, 0.2) is 69.9 Å². The van der Waals surface area contributed by atoms with Crippen molar-refractivity contribution in [3.8, 4) is 5.75 Å². The van der Waals surface area contributed by atoms with Crippen LogP contribution in [-0.4, -0.2) is 29.3 Å². The number of imidazole rings is 1. The van der Waals surface area contributed by atoms with Crippen LogP contribution in [0.3, 0.4) is 0 Å². The van der Waals surface area contributed by atoms with Gasteiger partial charge in [0.15, 0.2) is 0 Å². The van der Waals surface area contributed by atoms with E-state index in [9.17, 15) is 22.4 Å². The molecule has 0 spiro atoms. The summed E-state index contributed by atoms with van der Waals surface area (Å²) in [5, 5.41) is 0. The van der Waals surface area contributed by atoms with Crippen molar-refractivity contribution >= 4 is 32.7 Å².